The first-order chi connectivity index (χ1) is 8.99. The van der Waals surface area contributed by atoms with Gasteiger partial charge < -0.3 is 15.2 Å². The number of carbonyl (C=O) groups excluding carboxylic acids is 2. The molecule has 0 radical (unpaired) electrons. The number of hydrogen-bond donors (Lipinski definition) is 2. The predicted octanol–water partition coefficient (Wildman–Crippen LogP) is 0.885. The van der Waals surface area contributed by atoms with Crippen molar-refractivity contribution in [1.82, 2.24) is 0 Å². The summed E-state index contributed by atoms with van der Waals surface area (Å²) >= 11 is 0. The zero-order valence-corrected chi connectivity index (χ0v) is 10.6. The molecule has 1 aromatic carbocycles. The topological polar surface area (TPSA) is 102 Å². The molecule has 0 aliphatic heterocycles. The highest BCUT2D eigenvalue weighted by atomic mass is 16.6. The third-order valence-electron chi connectivity index (χ3n) is 2.18. The maximum atomic E-state index is 11.7. The van der Waals surface area contributed by atoms with Crippen LogP contribution in [-0.4, -0.2) is 31.0 Å². The highest BCUT2D eigenvalue weighted by Crippen LogP contribution is 2.07. The Bertz CT molecular complexity index is 485. The second-order valence-corrected chi connectivity index (χ2v) is 3.88. The normalized spacial score (nSPS) is 9.74. The SMILES string of the molecule is CC(=O)OCCOC(=O)c1cccc(CC(=N)N)c1. The van der Waals surface area contributed by atoms with Crippen molar-refractivity contribution >= 4 is 17.8 Å². The lowest BCUT2D eigenvalue weighted by Gasteiger charge is -2.06. The Labute approximate surface area is 111 Å². The second kappa shape index (κ2) is 7.15. The van der Waals surface area contributed by atoms with Crippen molar-refractivity contribution in [2.45, 2.75) is 13.3 Å². The van der Waals surface area contributed by atoms with Gasteiger partial charge in [-0.25, -0.2) is 4.79 Å². The smallest absolute Gasteiger partial charge is 0.338 e. The Morgan fingerprint density at radius 1 is 1.26 bits per heavy atom. The molecule has 0 saturated carbocycles. The Morgan fingerprint density at radius 2 is 1.95 bits per heavy atom. The quantitative estimate of drug-likeness (QED) is 0.344. The van der Waals surface area contributed by atoms with Gasteiger partial charge in [0.2, 0.25) is 0 Å². The average Bonchev–Trinajstić information content (AvgIpc) is 2.33. The maximum Gasteiger partial charge on any atom is 0.338 e. The fourth-order valence-electron chi connectivity index (χ4n) is 1.43. The van der Waals surface area contributed by atoms with E-state index >= 15 is 0 Å². The molecule has 0 saturated heterocycles. The van der Waals surface area contributed by atoms with E-state index in [1.807, 2.05) is 0 Å². The van der Waals surface area contributed by atoms with Gasteiger partial charge in [-0.05, 0) is 17.7 Å². The van der Waals surface area contributed by atoms with E-state index < -0.39 is 11.9 Å². The minimum absolute atomic E-state index is 0.00928. The molecule has 6 heteroatoms. The van der Waals surface area contributed by atoms with Crippen LogP contribution < -0.4 is 5.73 Å². The van der Waals surface area contributed by atoms with Gasteiger partial charge in [-0.3, -0.25) is 10.2 Å². The van der Waals surface area contributed by atoms with Crippen LogP contribution in [0.25, 0.3) is 0 Å². The molecule has 0 aromatic heterocycles. The number of hydrogen-bond acceptors (Lipinski definition) is 5. The first-order valence-electron chi connectivity index (χ1n) is 5.71. The summed E-state index contributed by atoms with van der Waals surface area (Å²) in [4.78, 5) is 22.2. The highest BCUT2D eigenvalue weighted by molar-refractivity contribution is 5.90. The maximum absolute atomic E-state index is 11.7. The molecule has 0 aliphatic carbocycles. The fraction of sp³-hybridized carbons (Fsp3) is 0.308. The Balaban J connectivity index is 2.52. The van der Waals surface area contributed by atoms with Gasteiger partial charge in [-0.1, -0.05) is 12.1 Å². The first kappa shape index (κ1) is 14.7. The Morgan fingerprint density at radius 3 is 2.58 bits per heavy atom. The lowest BCUT2D eigenvalue weighted by atomic mass is 10.1. The number of nitrogens with one attached hydrogen (secondary N) is 1. The highest BCUT2D eigenvalue weighted by Gasteiger charge is 2.08. The lowest BCUT2D eigenvalue weighted by Crippen LogP contribution is -2.14. The summed E-state index contributed by atoms with van der Waals surface area (Å²) in [5.41, 5.74) is 6.44. The van der Waals surface area contributed by atoms with Gasteiger partial charge in [0, 0.05) is 13.3 Å². The molecule has 0 amide bonds. The summed E-state index contributed by atoms with van der Waals surface area (Å²) in [5, 5.41) is 7.20. The standard InChI is InChI=1S/C13H16N2O4/c1-9(16)18-5-6-19-13(17)11-4-2-3-10(7-11)8-12(14)15/h2-4,7H,5-6,8H2,1H3,(H3,14,15). The number of nitrogens with two attached hydrogens (primary N) is 1. The molecule has 0 bridgehead atoms. The molecule has 0 heterocycles. The van der Waals surface area contributed by atoms with Crippen LogP contribution in [0.1, 0.15) is 22.8 Å². The van der Waals surface area contributed by atoms with Crippen molar-refractivity contribution in [2.24, 2.45) is 5.73 Å². The molecule has 1 aromatic rings. The minimum Gasteiger partial charge on any atom is -0.462 e. The third kappa shape index (κ3) is 5.67. The van der Waals surface area contributed by atoms with E-state index in [0.717, 1.165) is 5.56 Å². The fourth-order valence-corrected chi connectivity index (χ4v) is 1.43. The van der Waals surface area contributed by atoms with Crippen LogP contribution in [0.2, 0.25) is 0 Å². The van der Waals surface area contributed by atoms with Crippen molar-refractivity contribution in [3.05, 3.63) is 35.4 Å². The predicted molar refractivity (Wildman–Crippen MR) is 69.0 cm³/mol. The largest absolute Gasteiger partial charge is 0.462 e. The van der Waals surface area contributed by atoms with Gasteiger partial charge in [0.05, 0.1) is 11.4 Å². The van der Waals surface area contributed by atoms with Crippen molar-refractivity contribution in [3.63, 3.8) is 0 Å². The van der Waals surface area contributed by atoms with Crippen LogP contribution in [-0.2, 0) is 20.7 Å². The lowest BCUT2D eigenvalue weighted by molar-refractivity contribution is -0.142. The molecule has 6 nitrogen and oxygen atoms in total. The monoisotopic (exact) mass is 264 g/mol. The van der Waals surface area contributed by atoms with Gasteiger partial charge in [0.25, 0.3) is 0 Å². The van der Waals surface area contributed by atoms with Crippen LogP contribution >= 0.6 is 0 Å². The van der Waals surface area contributed by atoms with Crippen molar-refractivity contribution < 1.29 is 19.1 Å². The molecule has 19 heavy (non-hydrogen) atoms. The van der Waals surface area contributed by atoms with E-state index in [2.05, 4.69) is 4.74 Å². The van der Waals surface area contributed by atoms with Gasteiger partial charge in [-0.15, -0.1) is 0 Å². The molecule has 0 spiro atoms. The number of esters is 2. The summed E-state index contributed by atoms with van der Waals surface area (Å²) in [5.74, 6) is -0.891. The van der Waals surface area contributed by atoms with E-state index in [0.29, 0.717) is 5.56 Å². The van der Waals surface area contributed by atoms with Crippen molar-refractivity contribution in [3.8, 4) is 0 Å². The molecular formula is C13H16N2O4. The molecular weight excluding hydrogens is 248 g/mol. The number of benzene rings is 1. The van der Waals surface area contributed by atoms with E-state index in [4.69, 9.17) is 15.9 Å². The summed E-state index contributed by atoms with van der Waals surface area (Å²) in [6.07, 6.45) is 0.286. The summed E-state index contributed by atoms with van der Waals surface area (Å²) < 4.78 is 9.58. The zero-order chi connectivity index (χ0) is 14.3. The molecule has 0 fully saturated rings. The molecule has 102 valence electrons. The molecule has 0 atom stereocenters. The van der Waals surface area contributed by atoms with E-state index in [1.165, 1.54) is 6.92 Å². The average molecular weight is 264 g/mol. The van der Waals surface area contributed by atoms with Gasteiger partial charge in [0.15, 0.2) is 0 Å². The van der Waals surface area contributed by atoms with Crippen LogP contribution in [0, 0.1) is 5.41 Å². The molecule has 3 N–H and O–H groups in total. The number of carbonyl (C=O) groups is 2. The third-order valence-corrected chi connectivity index (χ3v) is 2.18. The Hall–Kier alpha value is -2.37. The van der Waals surface area contributed by atoms with E-state index in [1.54, 1.807) is 24.3 Å². The number of rotatable bonds is 6. The number of amidine groups is 1. The number of ether oxygens (including phenoxy) is 2. The van der Waals surface area contributed by atoms with Crippen molar-refractivity contribution in [1.29, 1.82) is 5.41 Å². The van der Waals surface area contributed by atoms with Gasteiger partial charge in [-0.2, -0.15) is 0 Å². The second-order valence-electron chi connectivity index (χ2n) is 3.88. The molecule has 0 unspecified atom stereocenters. The van der Waals surface area contributed by atoms with Crippen LogP contribution in [0.15, 0.2) is 24.3 Å². The summed E-state index contributed by atoms with van der Waals surface area (Å²) in [6, 6.07) is 6.70. The molecule has 0 aliphatic rings. The van der Waals surface area contributed by atoms with Crippen molar-refractivity contribution in [2.75, 3.05) is 13.2 Å². The van der Waals surface area contributed by atoms with E-state index in [-0.39, 0.29) is 25.5 Å². The van der Waals surface area contributed by atoms with E-state index in [9.17, 15) is 9.59 Å². The summed E-state index contributed by atoms with van der Waals surface area (Å²) in [6.45, 7) is 1.33. The van der Waals surface area contributed by atoms with Gasteiger partial charge in [0.1, 0.15) is 13.2 Å². The van der Waals surface area contributed by atoms with Crippen LogP contribution in [0.3, 0.4) is 0 Å². The van der Waals surface area contributed by atoms with Crippen LogP contribution in [0.4, 0.5) is 0 Å². The Kier molecular flexibility index (Phi) is 5.53. The molecule has 1 rings (SSSR count). The summed E-state index contributed by atoms with van der Waals surface area (Å²) in [7, 11) is 0. The first-order valence-corrected chi connectivity index (χ1v) is 5.71. The van der Waals surface area contributed by atoms with Gasteiger partial charge >= 0.3 is 11.9 Å². The van der Waals surface area contributed by atoms with Crippen LogP contribution in [0.5, 0.6) is 0 Å². The minimum atomic E-state index is -0.502. The zero-order valence-electron chi connectivity index (χ0n) is 10.6.